The van der Waals surface area contributed by atoms with Gasteiger partial charge >= 0.3 is 0 Å². The summed E-state index contributed by atoms with van der Waals surface area (Å²) in [6.45, 7) is 2.66. The molecule has 0 bridgehead atoms. The van der Waals surface area contributed by atoms with Gasteiger partial charge in [0.1, 0.15) is 12.1 Å². The first kappa shape index (κ1) is 10.5. The minimum Gasteiger partial charge on any atom is -0.381 e. The fourth-order valence-electron chi connectivity index (χ4n) is 2.13. The van der Waals surface area contributed by atoms with Crippen LogP contribution in [0.1, 0.15) is 6.42 Å². The lowest BCUT2D eigenvalue weighted by molar-refractivity contribution is 0.187. The first-order chi connectivity index (χ1) is 8.43. The highest BCUT2D eigenvalue weighted by molar-refractivity contribution is 5.88. The Kier molecular flexibility index (Phi) is 2.88. The Morgan fingerprint density at radius 1 is 1.29 bits per heavy atom. The molecule has 1 atom stereocenters. The highest BCUT2D eigenvalue weighted by Crippen LogP contribution is 2.19. The summed E-state index contributed by atoms with van der Waals surface area (Å²) in [6.07, 6.45) is 2.74. The number of fused-ring (bicyclic) bond motifs is 1. The molecular weight excluding hydrogens is 214 g/mol. The fraction of sp³-hybridized carbons (Fsp3) is 0.385. The van der Waals surface area contributed by atoms with Gasteiger partial charge in [-0.25, -0.2) is 9.97 Å². The molecule has 1 unspecified atom stereocenters. The van der Waals surface area contributed by atoms with Gasteiger partial charge in [-0.15, -0.1) is 0 Å². The van der Waals surface area contributed by atoms with Crippen molar-refractivity contribution in [3.8, 4) is 0 Å². The highest BCUT2D eigenvalue weighted by atomic mass is 16.5. The van der Waals surface area contributed by atoms with E-state index in [9.17, 15) is 0 Å². The van der Waals surface area contributed by atoms with Crippen LogP contribution in [0.3, 0.4) is 0 Å². The summed E-state index contributed by atoms with van der Waals surface area (Å²) < 4.78 is 5.36. The minimum atomic E-state index is 0.601. The van der Waals surface area contributed by atoms with Crippen molar-refractivity contribution in [1.29, 1.82) is 0 Å². The van der Waals surface area contributed by atoms with Gasteiger partial charge in [-0.05, 0) is 18.6 Å². The summed E-state index contributed by atoms with van der Waals surface area (Å²) >= 11 is 0. The van der Waals surface area contributed by atoms with Crippen molar-refractivity contribution < 1.29 is 4.74 Å². The third kappa shape index (κ3) is 2.22. The Balaban J connectivity index is 1.79. The number of nitrogens with one attached hydrogen (secondary N) is 1. The molecule has 4 heteroatoms. The van der Waals surface area contributed by atoms with Crippen LogP contribution in [0.2, 0.25) is 0 Å². The molecule has 0 spiro atoms. The Morgan fingerprint density at radius 3 is 3.12 bits per heavy atom. The van der Waals surface area contributed by atoms with Crippen LogP contribution in [-0.2, 0) is 4.74 Å². The van der Waals surface area contributed by atoms with E-state index in [0.29, 0.717) is 5.92 Å². The van der Waals surface area contributed by atoms with Crippen molar-refractivity contribution in [3.05, 3.63) is 30.6 Å². The van der Waals surface area contributed by atoms with Crippen LogP contribution in [0, 0.1) is 5.92 Å². The molecule has 0 saturated carbocycles. The number of benzene rings is 1. The van der Waals surface area contributed by atoms with Crippen LogP contribution >= 0.6 is 0 Å². The van der Waals surface area contributed by atoms with Gasteiger partial charge in [0.15, 0.2) is 0 Å². The van der Waals surface area contributed by atoms with E-state index in [1.165, 1.54) is 0 Å². The number of anilines is 1. The molecule has 2 aromatic rings. The number of hydrogen-bond acceptors (Lipinski definition) is 4. The van der Waals surface area contributed by atoms with Crippen molar-refractivity contribution in [2.24, 2.45) is 5.92 Å². The standard InChI is InChI=1S/C13H15N3O/c1-2-4-12-11(3-1)13(16-9-15-12)14-7-10-5-6-17-8-10/h1-4,9-10H,5-8H2,(H,14,15,16). The first-order valence-corrected chi connectivity index (χ1v) is 5.95. The third-order valence-electron chi connectivity index (χ3n) is 3.12. The van der Waals surface area contributed by atoms with Crippen LogP contribution in [0.15, 0.2) is 30.6 Å². The summed E-state index contributed by atoms with van der Waals surface area (Å²) in [7, 11) is 0. The average Bonchev–Trinajstić information content (AvgIpc) is 2.89. The predicted octanol–water partition coefficient (Wildman–Crippen LogP) is 2.08. The van der Waals surface area contributed by atoms with Gasteiger partial charge in [0.2, 0.25) is 0 Å². The molecule has 3 rings (SSSR count). The Bertz CT molecular complexity index is 503. The van der Waals surface area contributed by atoms with Gasteiger partial charge in [0.25, 0.3) is 0 Å². The number of rotatable bonds is 3. The fourth-order valence-corrected chi connectivity index (χ4v) is 2.13. The summed E-state index contributed by atoms with van der Waals surface area (Å²) in [5.74, 6) is 1.52. The molecule has 1 aliphatic rings. The van der Waals surface area contributed by atoms with Crippen molar-refractivity contribution in [1.82, 2.24) is 9.97 Å². The van der Waals surface area contributed by atoms with Crippen molar-refractivity contribution in [2.45, 2.75) is 6.42 Å². The van der Waals surface area contributed by atoms with Crippen molar-refractivity contribution in [3.63, 3.8) is 0 Å². The van der Waals surface area contributed by atoms with Crippen molar-refractivity contribution in [2.75, 3.05) is 25.1 Å². The molecule has 0 radical (unpaired) electrons. The molecule has 1 N–H and O–H groups in total. The summed E-state index contributed by atoms with van der Waals surface area (Å²) in [5, 5.41) is 4.48. The lowest BCUT2D eigenvalue weighted by Crippen LogP contribution is -2.15. The largest absolute Gasteiger partial charge is 0.381 e. The average molecular weight is 229 g/mol. The molecular formula is C13H15N3O. The van der Waals surface area contributed by atoms with E-state index in [1.807, 2.05) is 24.3 Å². The molecule has 1 fully saturated rings. The second-order valence-electron chi connectivity index (χ2n) is 4.35. The van der Waals surface area contributed by atoms with E-state index in [1.54, 1.807) is 6.33 Å². The first-order valence-electron chi connectivity index (χ1n) is 5.95. The van der Waals surface area contributed by atoms with Gasteiger partial charge in [0, 0.05) is 24.5 Å². The Labute approximate surface area is 100 Å². The molecule has 0 aliphatic carbocycles. The second-order valence-corrected chi connectivity index (χ2v) is 4.35. The molecule has 2 heterocycles. The van der Waals surface area contributed by atoms with Gasteiger partial charge in [-0.2, -0.15) is 0 Å². The molecule has 1 aromatic carbocycles. The zero-order valence-electron chi connectivity index (χ0n) is 9.60. The van der Waals surface area contributed by atoms with Crippen LogP contribution in [0.25, 0.3) is 10.9 Å². The van der Waals surface area contributed by atoms with Gasteiger partial charge < -0.3 is 10.1 Å². The van der Waals surface area contributed by atoms with Crippen LogP contribution in [-0.4, -0.2) is 29.7 Å². The number of hydrogen-bond donors (Lipinski definition) is 1. The Hall–Kier alpha value is -1.68. The molecule has 88 valence electrons. The lowest BCUT2D eigenvalue weighted by atomic mass is 10.1. The van der Waals surface area contributed by atoms with Crippen LogP contribution in [0.4, 0.5) is 5.82 Å². The number of ether oxygens (including phenoxy) is 1. The molecule has 1 aromatic heterocycles. The quantitative estimate of drug-likeness (QED) is 0.875. The normalized spacial score (nSPS) is 19.6. The topological polar surface area (TPSA) is 47.0 Å². The highest BCUT2D eigenvalue weighted by Gasteiger charge is 2.15. The van der Waals surface area contributed by atoms with Crippen LogP contribution < -0.4 is 5.32 Å². The van der Waals surface area contributed by atoms with Gasteiger partial charge in [-0.3, -0.25) is 0 Å². The molecule has 0 amide bonds. The minimum absolute atomic E-state index is 0.601. The zero-order valence-corrected chi connectivity index (χ0v) is 9.60. The SMILES string of the molecule is c1ccc2c(NCC3CCOC3)ncnc2c1. The number of nitrogens with zero attached hydrogens (tertiary/aromatic N) is 2. The van der Waals surface area contributed by atoms with Crippen molar-refractivity contribution >= 4 is 16.7 Å². The summed E-state index contributed by atoms with van der Waals surface area (Å²) in [6, 6.07) is 8.04. The second kappa shape index (κ2) is 4.67. The van der Waals surface area contributed by atoms with E-state index in [-0.39, 0.29) is 0 Å². The monoisotopic (exact) mass is 229 g/mol. The zero-order chi connectivity index (χ0) is 11.5. The van der Waals surface area contributed by atoms with E-state index < -0.39 is 0 Å². The van der Waals surface area contributed by atoms with E-state index in [0.717, 1.165) is 42.9 Å². The van der Waals surface area contributed by atoms with Gasteiger partial charge in [0.05, 0.1) is 12.1 Å². The predicted molar refractivity (Wildman–Crippen MR) is 67.0 cm³/mol. The maximum Gasteiger partial charge on any atom is 0.137 e. The summed E-state index contributed by atoms with van der Waals surface area (Å²) in [5.41, 5.74) is 0.979. The summed E-state index contributed by atoms with van der Waals surface area (Å²) in [4.78, 5) is 8.55. The Morgan fingerprint density at radius 2 is 2.24 bits per heavy atom. The number of para-hydroxylation sites is 1. The number of aromatic nitrogens is 2. The van der Waals surface area contributed by atoms with E-state index in [2.05, 4.69) is 15.3 Å². The van der Waals surface area contributed by atoms with E-state index in [4.69, 9.17) is 4.74 Å². The van der Waals surface area contributed by atoms with E-state index >= 15 is 0 Å². The lowest BCUT2D eigenvalue weighted by Gasteiger charge is -2.11. The molecule has 1 saturated heterocycles. The molecule has 1 aliphatic heterocycles. The molecule has 17 heavy (non-hydrogen) atoms. The van der Waals surface area contributed by atoms with Gasteiger partial charge in [-0.1, -0.05) is 12.1 Å². The molecule has 4 nitrogen and oxygen atoms in total. The maximum atomic E-state index is 5.36. The smallest absolute Gasteiger partial charge is 0.137 e. The third-order valence-corrected chi connectivity index (χ3v) is 3.12. The maximum absolute atomic E-state index is 5.36. The van der Waals surface area contributed by atoms with Crippen LogP contribution in [0.5, 0.6) is 0 Å².